The lowest BCUT2D eigenvalue weighted by molar-refractivity contribution is -0.136. The number of nitrogens with one attached hydrogen (secondary N) is 1. The van der Waals surface area contributed by atoms with Gasteiger partial charge in [0.2, 0.25) is 0 Å². The van der Waals surface area contributed by atoms with Gasteiger partial charge in [-0.1, -0.05) is 102 Å². The number of amides is 1. The maximum atomic E-state index is 14.6. The molecule has 1 rings (SSSR count). The highest BCUT2D eigenvalue weighted by Gasteiger charge is 2.49. The Bertz CT molecular complexity index is 1090. The van der Waals surface area contributed by atoms with E-state index in [0.717, 1.165) is 48.3 Å². The van der Waals surface area contributed by atoms with Crippen LogP contribution in [0.2, 0.25) is 35.3 Å². The zero-order valence-electron chi connectivity index (χ0n) is 37.4. The highest BCUT2D eigenvalue weighted by molar-refractivity contribution is 7.75. The van der Waals surface area contributed by atoms with Gasteiger partial charge >= 0.3 is 0 Å². The molecule has 1 N–H and O–H groups in total. The fraction of sp³-hybridized carbons (Fsp3) is 0.905. The molecule has 1 aromatic rings. The number of ether oxygens (including phenoxy) is 1. The van der Waals surface area contributed by atoms with Crippen molar-refractivity contribution in [3.8, 4) is 0 Å². The van der Waals surface area contributed by atoms with Crippen molar-refractivity contribution in [2.24, 2.45) is 0 Å². The van der Waals surface area contributed by atoms with Gasteiger partial charge in [-0.3, -0.25) is 4.79 Å². The minimum absolute atomic E-state index is 0.0751. The molecule has 0 aromatic carbocycles. The third kappa shape index (κ3) is 15.0. The summed E-state index contributed by atoms with van der Waals surface area (Å²) in [5.41, 5.74) is 1.90. The number of hydrogen-bond acceptors (Lipinski definition) is 7. The SMILES string of the molecule is CCCC[P+](CCCC)(CCCC)Cc1coc([C@H](C)CCNC(=O)[C@H](O[Si](CC)(CC)C(C)C)[C@H](O[Si](CC)(CC)C(C)C)[C@@H](COC)N(C)C)n1. The first-order chi connectivity index (χ1) is 25.1. The first kappa shape index (κ1) is 50.4. The molecule has 0 spiro atoms. The molecule has 8 nitrogen and oxygen atoms in total. The van der Waals surface area contributed by atoms with Gasteiger partial charge in [0.25, 0.3) is 5.91 Å². The molecular weight excluding hydrogens is 714 g/mol. The van der Waals surface area contributed by atoms with E-state index < -0.39 is 36.1 Å². The van der Waals surface area contributed by atoms with Crippen molar-refractivity contribution in [2.45, 2.75) is 194 Å². The predicted octanol–water partition coefficient (Wildman–Crippen LogP) is 11.3. The van der Waals surface area contributed by atoms with E-state index in [9.17, 15) is 4.79 Å². The Hall–Kier alpha value is -0.616. The maximum Gasteiger partial charge on any atom is 0.250 e. The second kappa shape index (κ2) is 25.6. The van der Waals surface area contributed by atoms with Gasteiger partial charge < -0.3 is 28.2 Å². The molecule has 1 heterocycles. The van der Waals surface area contributed by atoms with Crippen LogP contribution in [0.1, 0.15) is 146 Å². The zero-order valence-corrected chi connectivity index (χ0v) is 40.3. The van der Waals surface area contributed by atoms with Gasteiger partial charge in [-0.15, -0.1) is 0 Å². The summed E-state index contributed by atoms with van der Waals surface area (Å²) in [5.74, 6) is 0.802. The van der Waals surface area contributed by atoms with Crippen LogP contribution >= 0.6 is 7.26 Å². The van der Waals surface area contributed by atoms with E-state index in [1.54, 1.807) is 7.11 Å². The minimum Gasteiger partial charge on any atom is -0.448 e. The second-order valence-electron chi connectivity index (χ2n) is 16.8. The lowest BCUT2D eigenvalue weighted by Crippen LogP contribution is -2.62. The summed E-state index contributed by atoms with van der Waals surface area (Å²) in [6.07, 6.45) is 14.4. The highest BCUT2D eigenvalue weighted by Crippen LogP contribution is 2.63. The zero-order chi connectivity index (χ0) is 40.2. The molecule has 312 valence electrons. The van der Waals surface area contributed by atoms with Crippen molar-refractivity contribution < 1.29 is 22.8 Å². The lowest BCUT2D eigenvalue weighted by Gasteiger charge is -2.46. The first-order valence-electron chi connectivity index (χ1n) is 21.7. The molecule has 0 aliphatic heterocycles. The Labute approximate surface area is 331 Å². The molecule has 1 amide bonds. The molecule has 11 heteroatoms. The number of unbranched alkanes of at least 4 members (excludes halogenated alkanes) is 3. The minimum atomic E-state index is -2.30. The Morgan fingerprint density at radius 1 is 0.830 bits per heavy atom. The summed E-state index contributed by atoms with van der Waals surface area (Å²) in [5, 5.41) is 3.35. The molecule has 0 radical (unpaired) electrons. The number of oxazole rings is 1. The van der Waals surface area contributed by atoms with Crippen molar-refractivity contribution >= 4 is 29.8 Å². The Kier molecular flexibility index (Phi) is 24.3. The van der Waals surface area contributed by atoms with Crippen LogP contribution in [0, 0.1) is 0 Å². The molecule has 0 aliphatic carbocycles. The van der Waals surface area contributed by atoms with Gasteiger partial charge in [0, 0.05) is 26.8 Å². The summed E-state index contributed by atoms with van der Waals surface area (Å²) < 4.78 is 26.7. The number of nitrogens with zero attached hydrogens (tertiary/aromatic N) is 2. The van der Waals surface area contributed by atoms with Crippen LogP contribution in [-0.2, 0) is 24.5 Å². The van der Waals surface area contributed by atoms with E-state index in [-0.39, 0.29) is 17.9 Å². The number of carbonyl (C=O) groups is 1. The topological polar surface area (TPSA) is 86.1 Å². The van der Waals surface area contributed by atoms with Gasteiger partial charge in [-0.25, -0.2) is 4.98 Å². The van der Waals surface area contributed by atoms with Gasteiger partial charge in [0.1, 0.15) is 18.1 Å². The molecule has 0 aliphatic rings. The molecule has 0 saturated carbocycles. The van der Waals surface area contributed by atoms with Crippen LogP contribution in [0.25, 0.3) is 0 Å². The second-order valence-corrected chi connectivity index (χ2v) is 31.1. The Morgan fingerprint density at radius 2 is 1.32 bits per heavy atom. The van der Waals surface area contributed by atoms with Crippen LogP contribution in [0.5, 0.6) is 0 Å². The third-order valence-corrected chi connectivity index (χ3v) is 27.7. The van der Waals surface area contributed by atoms with Crippen LogP contribution in [0.3, 0.4) is 0 Å². The number of carbonyl (C=O) groups excluding carboxylic acids is 1. The van der Waals surface area contributed by atoms with E-state index in [1.165, 1.54) is 57.0 Å². The maximum absolute atomic E-state index is 14.6. The molecule has 53 heavy (non-hydrogen) atoms. The quantitative estimate of drug-likeness (QED) is 0.0591. The number of hydrogen-bond donors (Lipinski definition) is 1. The molecule has 0 saturated heterocycles. The molecule has 0 unspecified atom stereocenters. The van der Waals surface area contributed by atoms with Gasteiger partial charge in [0.15, 0.2) is 28.6 Å². The molecule has 1 aromatic heterocycles. The summed E-state index contributed by atoms with van der Waals surface area (Å²) in [7, 11) is 0.206. The monoisotopic (exact) mass is 801 g/mol. The smallest absolute Gasteiger partial charge is 0.250 e. The van der Waals surface area contributed by atoms with Crippen molar-refractivity contribution in [3.05, 3.63) is 17.8 Å². The van der Waals surface area contributed by atoms with Gasteiger partial charge in [-0.2, -0.15) is 0 Å². The Balaban J connectivity index is 3.42. The fourth-order valence-corrected chi connectivity index (χ4v) is 20.2. The summed E-state index contributed by atoms with van der Waals surface area (Å²) in [6.45, 7) is 28.2. The van der Waals surface area contributed by atoms with Crippen molar-refractivity contribution in [2.75, 3.05) is 52.8 Å². The van der Waals surface area contributed by atoms with Gasteiger partial charge in [-0.05, 0) is 75.0 Å². The van der Waals surface area contributed by atoms with Crippen LogP contribution in [0.4, 0.5) is 0 Å². The molecule has 0 fully saturated rings. The first-order valence-corrected chi connectivity index (χ1v) is 29.0. The summed E-state index contributed by atoms with van der Waals surface area (Å²) in [6, 6.07) is 3.74. The average molecular weight is 801 g/mol. The average Bonchev–Trinajstić information content (AvgIpc) is 3.61. The van der Waals surface area contributed by atoms with E-state index >= 15 is 0 Å². The standard InChI is InChI=1S/C42H86N3O5PSi2/c1-16-23-28-51(29-24-17-2,30-25-18-3)33-37-31-48-42(44-37)36(12)26-27-43-41(46)40(50-53(21-6,22-7)35(10)11)39(38(32-47-15)45(13)14)49-52(19-4,20-5)34(8)9/h31,34-36,38-40H,16-30,32-33H2,1-15H3/p+1/t36-,38-,39-,40-/m1/s1. The number of aromatic nitrogens is 1. The van der Waals surface area contributed by atoms with Crippen molar-refractivity contribution in [3.63, 3.8) is 0 Å². The highest BCUT2D eigenvalue weighted by atomic mass is 31.2. The number of rotatable bonds is 31. The molecular formula is C42H87N3O5PSi2+. The van der Waals surface area contributed by atoms with E-state index in [0.29, 0.717) is 24.2 Å². The number of methoxy groups -OCH3 is 1. The molecule has 4 atom stereocenters. The molecule has 0 bridgehead atoms. The van der Waals surface area contributed by atoms with E-state index in [2.05, 4.69) is 107 Å². The van der Waals surface area contributed by atoms with Crippen LogP contribution < -0.4 is 5.32 Å². The van der Waals surface area contributed by atoms with E-state index in [1.807, 2.05) is 6.26 Å². The summed E-state index contributed by atoms with van der Waals surface area (Å²) in [4.78, 5) is 21.9. The van der Waals surface area contributed by atoms with Crippen molar-refractivity contribution in [1.82, 2.24) is 15.2 Å². The van der Waals surface area contributed by atoms with Gasteiger partial charge in [0.05, 0.1) is 37.2 Å². The van der Waals surface area contributed by atoms with Crippen molar-refractivity contribution in [1.29, 1.82) is 0 Å². The largest absolute Gasteiger partial charge is 0.448 e. The number of likely N-dealkylation sites (N-methyl/N-ethyl adjacent to an activating group) is 1. The van der Waals surface area contributed by atoms with Crippen LogP contribution in [-0.4, -0.2) is 104 Å². The lowest BCUT2D eigenvalue weighted by atomic mass is 10.0. The van der Waals surface area contributed by atoms with E-state index in [4.69, 9.17) is 23.0 Å². The predicted molar refractivity (Wildman–Crippen MR) is 235 cm³/mol. The fourth-order valence-electron chi connectivity index (χ4n) is 8.24. The summed E-state index contributed by atoms with van der Waals surface area (Å²) >= 11 is 0. The normalized spacial score (nSPS) is 15.4. The van der Waals surface area contributed by atoms with Crippen LogP contribution in [0.15, 0.2) is 10.7 Å². The third-order valence-electron chi connectivity index (χ3n) is 12.5. The Morgan fingerprint density at radius 3 is 1.74 bits per heavy atom.